The first-order valence-electron chi connectivity index (χ1n) is 7.84. The molecule has 2 heterocycles. The van der Waals surface area contributed by atoms with Crippen LogP contribution in [-0.4, -0.2) is 39.8 Å². The smallest absolute Gasteiger partial charge is 0.254 e. The van der Waals surface area contributed by atoms with Crippen molar-refractivity contribution in [2.45, 2.75) is 18.3 Å². The number of hydrogen-bond acceptors (Lipinski definition) is 4. The molecular weight excluding hydrogens is 330 g/mol. The third-order valence-electron chi connectivity index (χ3n) is 4.61. The van der Waals surface area contributed by atoms with Crippen LogP contribution in [-0.2, 0) is 10.2 Å². The number of aromatic nitrogens is 2. The number of benzene rings is 1. The van der Waals surface area contributed by atoms with Gasteiger partial charge in [0.2, 0.25) is 11.9 Å². The monoisotopic (exact) mass is 344 g/mol. The number of halogens is 2. The average molecular weight is 344 g/mol. The van der Waals surface area contributed by atoms with Gasteiger partial charge in [-0.05, 0) is 25.0 Å². The zero-order chi connectivity index (χ0) is 17.6. The van der Waals surface area contributed by atoms with Crippen molar-refractivity contribution in [3.63, 3.8) is 0 Å². The van der Waals surface area contributed by atoms with Gasteiger partial charge in [-0.15, -0.1) is 0 Å². The van der Waals surface area contributed by atoms with Gasteiger partial charge in [-0.1, -0.05) is 6.07 Å². The van der Waals surface area contributed by atoms with Crippen LogP contribution < -0.4 is 5.32 Å². The van der Waals surface area contributed by atoms with Gasteiger partial charge in [-0.3, -0.25) is 14.9 Å². The Morgan fingerprint density at radius 2 is 1.96 bits per heavy atom. The summed E-state index contributed by atoms with van der Waals surface area (Å²) in [7, 11) is 0. The van der Waals surface area contributed by atoms with Crippen LogP contribution in [0.25, 0.3) is 0 Å². The summed E-state index contributed by atoms with van der Waals surface area (Å²) in [5.41, 5.74) is 0.398. The SMILES string of the molecule is O=C(CN1CC2(CC2)c2c(F)cccc2C1=O)Nc1ncc(F)cn1. The van der Waals surface area contributed by atoms with Crippen LogP contribution in [0.2, 0.25) is 0 Å². The molecule has 1 saturated carbocycles. The Hall–Kier alpha value is -2.90. The standard InChI is InChI=1S/C17H14F2N4O2/c18-10-6-20-16(21-7-10)22-13(24)8-23-9-17(4-5-17)14-11(15(23)25)2-1-3-12(14)19/h1-3,6-7H,4-5,8-9H2,(H,20,21,22,24). The average Bonchev–Trinajstić information content (AvgIpc) is 3.34. The molecule has 0 saturated heterocycles. The van der Waals surface area contributed by atoms with Crippen molar-refractivity contribution in [3.8, 4) is 0 Å². The highest BCUT2D eigenvalue weighted by Crippen LogP contribution is 2.53. The molecule has 1 aliphatic heterocycles. The highest BCUT2D eigenvalue weighted by Gasteiger charge is 2.53. The van der Waals surface area contributed by atoms with Crippen molar-refractivity contribution in [2.75, 3.05) is 18.4 Å². The van der Waals surface area contributed by atoms with Crippen molar-refractivity contribution in [2.24, 2.45) is 0 Å². The Kier molecular flexibility index (Phi) is 3.48. The summed E-state index contributed by atoms with van der Waals surface area (Å²) >= 11 is 0. The van der Waals surface area contributed by atoms with E-state index < -0.39 is 11.7 Å². The summed E-state index contributed by atoms with van der Waals surface area (Å²) in [6, 6.07) is 4.45. The Balaban J connectivity index is 1.53. The molecule has 1 spiro atoms. The van der Waals surface area contributed by atoms with Gasteiger partial charge in [0.15, 0.2) is 5.82 Å². The first-order chi connectivity index (χ1) is 12.0. The molecule has 6 nitrogen and oxygen atoms in total. The van der Waals surface area contributed by atoms with E-state index in [1.807, 2.05) is 0 Å². The molecule has 1 N–H and O–H groups in total. The summed E-state index contributed by atoms with van der Waals surface area (Å²) < 4.78 is 27.0. The van der Waals surface area contributed by atoms with Crippen molar-refractivity contribution < 1.29 is 18.4 Å². The highest BCUT2D eigenvalue weighted by molar-refractivity contribution is 6.01. The molecule has 1 aliphatic carbocycles. The normalized spacial score (nSPS) is 17.4. The van der Waals surface area contributed by atoms with Crippen molar-refractivity contribution in [3.05, 3.63) is 53.4 Å². The Bertz CT molecular complexity index is 865. The quantitative estimate of drug-likeness (QED) is 0.923. The van der Waals surface area contributed by atoms with Crippen molar-refractivity contribution in [1.82, 2.24) is 14.9 Å². The lowest BCUT2D eigenvalue weighted by Crippen LogP contribution is -2.47. The first kappa shape index (κ1) is 15.6. The molecule has 8 heteroatoms. The van der Waals surface area contributed by atoms with Crippen LogP contribution in [0.5, 0.6) is 0 Å². The molecule has 4 rings (SSSR count). The molecule has 2 aromatic rings. The number of anilines is 1. The second kappa shape index (κ2) is 5.58. The molecule has 1 aromatic carbocycles. The number of fused-ring (bicyclic) bond motifs is 2. The Morgan fingerprint density at radius 3 is 2.64 bits per heavy atom. The van der Waals surface area contributed by atoms with Gasteiger partial charge in [0.05, 0.1) is 12.4 Å². The number of amides is 2. The molecule has 0 unspecified atom stereocenters. The lowest BCUT2D eigenvalue weighted by atomic mass is 9.86. The predicted molar refractivity (Wildman–Crippen MR) is 83.8 cm³/mol. The largest absolute Gasteiger partial charge is 0.328 e. The van der Waals surface area contributed by atoms with E-state index in [1.165, 1.54) is 17.0 Å². The first-order valence-corrected chi connectivity index (χ1v) is 7.84. The highest BCUT2D eigenvalue weighted by atomic mass is 19.1. The number of hydrogen-bond donors (Lipinski definition) is 1. The Labute approximate surface area is 141 Å². The molecule has 2 aliphatic rings. The van der Waals surface area contributed by atoms with Gasteiger partial charge in [0.25, 0.3) is 5.91 Å². The van der Waals surface area contributed by atoms with Crippen LogP contribution >= 0.6 is 0 Å². The van der Waals surface area contributed by atoms with E-state index in [9.17, 15) is 18.4 Å². The number of carbonyl (C=O) groups excluding carboxylic acids is 2. The summed E-state index contributed by atoms with van der Waals surface area (Å²) in [6.45, 7) is 0.106. The molecule has 2 amide bonds. The molecule has 0 atom stereocenters. The number of nitrogens with zero attached hydrogens (tertiary/aromatic N) is 3. The van der Waals surface area contributed by atoms with Crippen LogP contribution in [0, 0.1) is 11.6 Å². The molecular formula is C17H14F2N4O2. The third kappa shape index (κ3) is 2.73. The van der Waals surface area contributed by atoms with E-state index in [4.69, 9.17) is 0 Å². The van der Waals surface area contributed by atoms with E-state index in [0.29, 0.717) is 17.7 Å². The minimum absolute atomic E-state index is 0.0385. The van der Waals surface area contributed by atoms with E-state index in [2.05, 4.69) is 15.3 Å². The predicted octanol–water partition coefficient (Wildman–Crippen LogP) is 1.88. The fourth-order valence-electron chi connectivity index (χ4n) is 3.33. The number of carbonyl (C=O) groups is 2. The van der Waals surface area contributed by atoms with E-state index in [1.54, 1.807) is 6.07 Å². The number of rotatable bonds is 3. The van der Waals surface area contributed by atoms with Crippen LogP contribution in [0.4, 0.5) is 14.7 Å². The minimum Gasteiger partial charge on any atom is -0.328 e. The lowest BCUT2D eigenvalue weighted by molar-refractivity contribution is -0.117. The van der Waals surface area contributed by atoms with Gasteiger partial charge in [-0.2, -0.15) is 0 Å². The van der Waals surface area contributed by atoms with E-state index >= 15 is 0 Å². The third-order valence-corrected chi connectivity index (χ3v) is 4.61. The molecule has 1 aromatic heterocycles. The molecule has 1 fully saturated rings. The second-order valence-electron chi connectivity index (χ2n) is 6.38. The zero-order valence-electron chi connectivity index (χ0n) is 13.1. The fourth-order valence-corrected chi connectivity index (χ4v) is 3.33. The van der Waals surface area contributed by atoms with E-state index in [-0.39, 0.29) is 29.6 Å². The summed E-state index contributed by atoms with van der Waals surface area (Å²) in [5.74, 6) is -1.88. The van der Waals surface area contributed by atoms with Crippen molar-refractivity contribution >= 4 is 17.8 Å². The summed E-state index contributed by atoms with van der Waals surface area (Å²) in [4.78, 5) is 33.5. The van der Waals surface area contributed by atoms with Gasteiger partial charge in [0, 0.05) is 23.1 Å². The summed E-state index contributed by atoms with van der Waals surface area (Å²) in [5, 5.41) is 2.42. The molecule has 128 valence electrons. The van der Waals surface area contributed by atoms with Gasteiger partial charge in [-0.25, -0.2) is 18.7 Å². The zero-order valence-corrected chi connectivity index (χ0v) is 13.1. The van der Waals surface area contributed by atoms with Crippen LogP contribution in [0.3, 0.4) is 0 Å². The molecule has 25 heavy (non-hydrogen) atoms. The fraction of sp³-hybridized carbons (Fsp3) is 0.294. The molecule has 0 bridgehead atoms. The maximum Gasteiger partial charge on any atom is 0.254 e. The summed E-state index contributed by atoms with van der Waals surface area (Å²) in [6.07, 6.45) is 3.45. The van der Waals surface area contributed by atoms with Crippen molar-refractivity contribution in [1.29, 1.82) is 0 Å². The van der Waals surface area contributed by atoms with Gasteiger partial charge in [0.1, 0.15) is 12.4 Å². The lowest BCUT2D eigenvalue weighted by Gasteiger charge is -2.34. The number of nitrogens with one attached hydrogen (secondary N) is 1. The van der Waals surface area contributed by atoms with Gasteiger partial charge < -0.3 is 4.90 Å². The van der Waals surface area contributed by atoms with Crippen LogP contribution in [0.15, 0.2) is 30.6 Å². The minimum atomic E-state index is -0.612. The van der Waals surface area contributed by atoms with Gasteiger partial charge >= 0.3 is 0 Å². The maximum atomic E-state index is 14.2. The molecule has 0 radical (unpaired) electrons. The Morgan fingerprint density at radius 1 is 1.24 bits per heavy atom. The second-order valence-corrected chi connectivity index (χ2v) is 6.38. The van der Waals surface area contributed by atoms with Crippen LogP contribution in [0.1, 0.15) is 28.8 Å². The topological polar surface area (TPSA) is 75.2 Å². The van der Waals surface area contributed by atoms with E-state index in [0.717, 1.165) is 25.2 Å². The maximum absolute atomic E-state index is 14.2.